The molecule has 1 aliphatic carbocycles. The van der Waals surface area contributed by atoms with Crippen molar-refractivity contribution in [2.24, 2.45) is 5.73 Å². The molecule has 0 amide bonds. The molecular weight excluding hydrogens is 204 g/mol. The van der Waals surface area contributed by atoms with Crippen LogP contribution in [0.15, 0.2) is 11.3 Å². The SMILES string of the molecule is N#CCCOC1=C(CCCN)C(=O)CCC1. The quantitative estimate of drug-likeness (QED) is 0.693. The number of ketones is 1. The van der Waals surface area contributed by atoms with Crippen LogP contribution in [0.1, 0.15) is 38.5 Å². The molecule has 0 radical (unpaired) electrons. The van der Waals surface area contributed by atoms with Gasteiger partial charge in [-0.05, 0) is 25.8 Å². The summed E-state index contributed by atoms with van der Waals surface area (Å²) in [5.41, 5.74) is 6.24. The molecule has 0 spiro atoms. The van der Waals surface area contributed by atoms with Gasteiger partial charge in [-0.3, -0.25) is 4.79 Å². The highest BCUT2D eigenvalue weighted by Crippen LogP contribution is 2.26. The predicted molar refractivity (Wildman–Crippen MR) is 60.4 cm³/mol. The first-order valence-electron chi connectivity index (χ1n) is 5.74. The van der Waals surface area contributed by atoms with Gasteiger partial charge in [-0.15, -0.1) is 0 Å². The maximum Gasteiger partial charge on any atom is 0.162 e. The Morgan fingerprint density at radius 2 is 2.25 bits per heavy atom. The Hall–Kier alpha value is -1.34. The molecular formula is C12H18N2O2. The molecule has 16 heavy (non-hydrogen) atoms. The minimum atomic E-state index is 0.187. The standard InChI is InChI=1S/C12H18N2O2/c13-7-2-4-10-11(15)5-1-6-12(10)16-9-3-8-14/h1-7,9,13H2. The van der Waals surface area contributed by atoms with Crippen molar-refractivity contribution in [3.05, 3.63) is 11.3 Å². The summed E-state index contributed by atoms with van der Waals surface area (Å²) in [5, 5.41) is 8.43. The molecule has 0 aromatic heterocycles. The summed E-state index contributed by atoms with van der Waals surface area (Å²) >= 11 is 0. The summed E-state index contributed by atoms with van der Waals surface area (Å²) in [5.74, 6) is 0.978. The Morgan fingerprint density at radius 3 is 2.94 bits per heavy atom. The van der Waals surface area contributed by atoms with E-state index < -0.39 is 0 Å². The molecule has 0 saturated heterocycles. The van der Waals surface area contributed by atoms with E-state index in [4.69, 9.17) is 15.7 Å². The summed E-state index contributed by atoms with van der Waals surface area (Å²) in [6, 6.07) is 2.02. The van der Waals surface area contributed by atoms with E-state index in [9.17, 15) is 4.79 Å². The van der Waals surface area contributed by atoms with E-state index in [1.165, 1.54) is 0 Å². The van der Waals surface area contributed by atoms with Crippen molar-refractivity contribution in [1.29, 1.82) is 5.26 Å². The molecule has 0 fully saturated rings. The van der Waals surface area contributed by atoms with Crippen LogP contribution in [0.2, 0.25) is 0 Å². The number of nitrogens with two attached hydrogens (primary N) is 1. The minimum Gasteiger partial charge on any atom is -0.496 e. The first-order valence-corrected chi connectivity index (χ1v) is 5.74. The van der Waals surface area contributed by atoms with Crippen LogP contribution in [0, 0.1) is 11.3 Å². The van der Waals surface area contributed by atoms with Gasteiger partial charge in [-0.2, -0.15) is 5.26 Å². The van der Waals surface area contributed by atoms with E-state index >= 15 is 0 Å². The second kappa shape index (κ2) is 7.02. The Labute approximate surface area is 96.1 Å². The molecule has 0 saturated carbocycles. The average molecular weight is 222 g/mol. The van der Waals surface area contributed by atoms with Gasteiger partial charge in [0.2, 0.25) is 0 Å². The molecule has 0 heterocycles. The molecule has 0 bridgehead atoms. The maximum atomic E-state index is 11.7. The Morgan fingerprint density at radius 1 is 1.44 bits per heavy atom. The van der Waals surface area contributed by atoms with Crippen LogP contribution >= 0.6 is 0 Å². The van der Waals surface area contributed by atoms with E-state index in [-0.39, 0.29) is 5.78 Å². The lowest BCUT2D eigenvalue weighted by Gasteiger charge is -2.19. The Kier molecular flexibility index (Phi) is 5.58. The van der Waals surface area contributed by atoms with Crippen molar-refractivity contribution >= 4 is 5.78 Å². The van der Waals surface area contributed by atoms with Crippen LogP contribution in [0.4, 0.5) is 0 Å². The van der Waals surface area contributed by atoms with E-state index in [1.807, 2.05) is 6.07 Å². The number of ether oxygens (including phenoxy) is 1. The van der Waals surface area contributed by atoms with Gasteiger partial charge in [0.05, 0.1) is 12.5 Å². The highest BCUT2D eigenvalue weighted by molar-refractivity contribution is 5.96. The van der Waals surface area contributed by atoms with Gasteiger partial charge in [0.1, 0.15) is 12.4 Å². The van der Waals surface area contributed by atoms with E-state index in [0.29, 0.717) is 32.4 Å². The first-order chi connectivity index (χ1) is 7.79. The highest BCUT2D eigenvalue weighted by atomic mass is 16.5. The number of rotatable bonds is 6. The van der Waals surface area contributed by atoms with Crippen LogP contribution < -0.4 is 5.73 Å². The van der Waals surface area contributed by atoms with Crippen LogP contribution in [0.5, 0.6) is 0 Å². The minimum absolute atomic E-state index is 0.187. The van der Waals surface area contributed by atoms with Crippen molar-refractivity contribution in [3.63, 3.8) is 0 Å². The second-order valence-electron chi connectivity index (χ2n) is 3.83. The monoisotopic (exact) mass is 222 g/mol. The van der Waals surface area contributed by atoms with Gasteiger partial charge in [-0.1, -0.05) is 0 Å². The van der Waals surface area contributed by atoms with Gasteiger partial charge in [0.15, 0.2) is 5.78 Å². The third-order valence-electron chi connectivity index (χ3n) is 2.60. The second-order valence-corrected chi connectivity index (χ2v) is 3.83. The number of nitrogens with zero attached hydrogens (tertiary/aromatic N) is 1. The Bertz CT molecular complexity index is 315. The summed E-state index contributed by atoms with van der Waals surface area (Å²) in [6.07, 6.45) is 4.17. The lowest BCUT2D eigenvalue weighted by atomic mass is 9.93. The largest absolute Gasteiger partial charge is 0.496 e. The topological polar surface area (TPSA) is 76.1 Å². The van der Waals surface area contributed by atoms with Crippen LogP contribution in [-0.2, 0) is 9.53 Å². The number of carbonyl (C=O) groups is 1. The fourth-order valence-electron chi connectivity index (χ4n) is 1.80. The van der Waals surface area contributed by atoms with Crippen LogP contribution in [-0.4, -0.2) is 18.9 Å². The smallest absolute Gasteiger partial charge is 0.162 e. The third-order valence-corrected chi connectivity index (χ3v) is 2.60. The molecule has 4 heteroatoms. The number of Topliss-reactive ketones (excluding diaryl/α,β-unsaturated/α-hetero) is 1. The van der Waals surface area contributed by atoms with Crippen molar-refractivity contribution in [3.8, 4) is 6.07 Å². The van der Waals surface area contributed by atoms with Crippen LogP contribution in [0.25, 0.3) is 0 Å². The van der Waals surface area contributed by atoms with Crippen molar-refractivity contribution < 1.29 is 9.53 Å². The molecule has 0 aromatic carbocycles. The third kappa shape index (κ3) is 3.67. The molecule has 2 N–H and O–H groups in total. The molecule has 4 nitrogen and oxygen atoms in total. The van der Waals surface area contributed by atoms with E-state index in [2.05, 4.69) is 0 Å². The lowest BCUT2D eigenvalue weighted by Crippen LogP contribution is -2.15. The summed E-state index contributed by atoms with van der Waals surface area (Å²) in [4.78, 5) is 11.7. The molecule has 0 atom stereocenters. The van der Waals surface area contributed by atoms with Crippen molar-refractivity contribution in [2.75, 3.05) is 13.2 Å². The average Bonchev–Trinajstić information content (AvgIpc) is 2.28. The number of carbonyl (C=O) groups excluding carboxylic acids is 1. The van der Waals surface area contributed by atoms with Gasteiger partial charge in [0.25, 0.3) is 0 Å². The zero-order valence-corrected chi connectivity index (χ0v) is 9.50. The number of nitriles is 1. The number of hydrogen-bond acceptors (Lipinski definition) is 4. The van der Waals surface area contributed by atoms with Gasteiger partial charge >= 0.3 is 0 Å². The number of allylic oxidation sites excluding steroid dienone is 2. The molecule has 1 aliphatic rings. The summed E-state index contributed by atoms with van der Waals surface area (Å²) in [6.45, 7) is 0.966. The highest BCUT2D eigenvalue weighted by Gasteiger charge is 2.20. The normalized spacial score (nSPS) is 16.1. The van der Waals surface area contributed by atoms with Gasteiger partial charge < -0.3 is 10.5 Å². The fraction of sp³-hybridized carbons (Fsp3) is 0.667. The lowest BCUT2D eigenvalue weighted by molar-refractivity contribution is -0.116. The molecule has 0 aliphatic heterocycles. The van der Waals surface area contributed by atoms with Crippen molar-refractivity contribution in [1.82, 2.24) is 0 Å². The van der Waals surface area contributed by atoms with Gasteiger partial charge in [0, 0.05) is 18.4 Å². The predicted octanol–water partition coefficient (Wildman–Crippen LogP) is 1.66. The van der Waals surface area contributed by atoms with E-state index in [0.717, 1.165) is 30.6 Å². The molecule has 1 rings (SSSR count). The number of hydrogen-bond donors (Lipinski definition) is 1. The van der Waals surface area contributed by atoms with Gasteiger partial charge in [-0.25, -0.2) is 0 Å². The fourth-order valence-corrected chi connectivity index (χ4v) is 1.80. The summed E-state index contributed by atoms with van der Waals surface area (Å²) in [7, 11) is 0. The zero-order valence-electron chi connectivity index (χ0n) is 9.50. The molecule has 88 valence electrons. The van der Waals surface area contributed by atoms with E-state index in [1.54, 1.807) is 0 Å². The molecule has 0 unspecified atom stereocenters. The zero-order chi connectivity index (χ0) is 11.8. The Balaban J connectivity index is 2.62. The molecule has 0 aromatic rings. The van der Waals surface area contributed by atoms with Crippen molar-refractivity contribution in [2.45, 2.75) is 38.5 Å². The van der Waals surface area contributed by atoms with Crippen LogP contribution in [0.3, 0.4) is 0 Å². The maximum absolute atomic E-state index is 11.7. The first kappa shape index (κ1) is 12.7. The summed E-state index contributed by atoms with van der Waals surface area (Å²) < 4.78 is 5.50.